The topological polar surface area (TPSA) is 69.5 Å². The molecule has 1 saturated carbocycles. The van der Waals surface area contributed by atoms with Gasteiger partial charge in [-0.1, -0.05) is 11.6 Å². The van der Waals surface area contributed by atoms with Crippen molar-refractivity contribution >= 4 is 17.7 Å². The molecular formula is C22H26ClF3N4O3. The van der Waals surface area contributed by atoms with Crippen molar-refractivity contribution in [2.75, 3.05) is 0 Å². The van der Waals surface area contributed by atoms with Crippen molar-refractivity contribution in [1.29, 1.82) is 0 Å². The van der Waals surface area contributed by atoms with Gasteiger partial charge < -0.3 is 4.74 Å². The van der Waals surface area contributed by atoms with Gasteiger partial charge in [0.25, 0.3) is 0 Å². The van der Waals surface area contributed by atoms with Gasteiger partial charge in [-0.3, -0.25) is 14.2 Å². The molecule has 4 rings (SSSR count). The Labute approximate surface area is 194 Å². The lowest BCUT2D eigenvalue weighted by atomic mass is 9.86. The highest BCUT2D eigenvalue weighted by atomic mass is 35.5. The molecule has 0 bridgehead atoms. The van der Waals surface area contributed by atoms with Gasteiger partial charge in [0.1, 0.15) is 11.4 Å². The van der Waals surface area contributed by atoms with Crippen LogP contribution < -0.4 is 0 Å². The third kappa shape index (κ3) is 5.60. The Kier molecular flexibility index (Phi) is 6.34. The molecule has 11 heteroatoms. The smallest absolute Gasteiger partial charge is 0.444 e. The van der Waals surface area contributed by atoms with Crippen LogP contribution in [0.1, 0.15) is 69.6 Å². The van der Waals surface area contributed by atoms with Crippen molar-refractivity contribution in [2.24, 2.45) is 0 Å². The van der Waals surface area contributed by atoms with Crippen LogP contribution in [0.3, 0.4) is 0 Å². The maximum atomic E-state index is 12.8. The summed E-state index contributed by atoms with van der Waals surface area (Å²) in [6, 6.07) is 5.40. The number of carbonyl (C=O) groups excluding carboxylic acids is 1. The standard InChI is InChI=1S/C22H26ClF3N4O3/c1-21(2,3)33-20(31)29-11-14-10-15(23)6-9-17(14)30-18(12-29)27-28-19(30)13-4-7-16(8-5-13)32-22(24,25)26/h6,9-10,13,16H,4-5,7-8,11-12H2,1-3H3/t13-,16-. The quantitative estimate of drug-likeness (QED) is 0.542. The lowest BCUT2D eigenvalue weighted by Crippen LogP contribution is -2.35. The van der Waals surface area contributed by atoms with Crippen LogP contribution in [0.2, 0.25) is 5.02 Å². The number of amides is 1. The van der Waals surface area contributed by atoms with E-state index in [4.69, 9.17) is 16.3 Å². The molecular weight excluding hydrogens is 461 g/mol. The van der Waals surface area contributed by atoms with Crippen LogP contribution in [-0.2, 0) is 22.6 Å². The zero-order valence-electron chi connectivity index (χ0n) is 18.7. The van der Waals surface area contributed by atoms with E-state index in [9.17, 15) is 18.0 Å². The van der Waals surface area contributed by atoms with Gasteiger partial charge in [0.15, 0.2) is 5.82 Å². The molecule has 0 radical (unpaired) electrons. The fraction of sp³-hybridized carbons (Fsp3) is 0.591. The lowest BCUT2D eigenvalue weighted by Gasteiger charge is -2.28. The molecule has 1 aromatic heterocycles. The Bertz CT molecular complexity index is 1030. The number of fused-ring (bicyclic) bond motifs is 3. The predicted molar refractivity (Wildman–Crippen MR) is 114 cm³/mol. The number of benzene rings is 1. The first-order valence-corrected chi connectivity index (χ1v) is 11.2. The monoisotopic (exact) mass is 486 g/mol. The maximum Gasteiger partial charge on any atom is 0.522 e. The van der Waals surface area contributed by atoms with Crippen molar-refractivity contribution in [3.8, 4) is 5.69 Å². The molecule has 0 saturated heterocycles. The van der Waals surface area contributed by atoms with Crippen LogP contribution in [0.25, 0.3) is 5.69 Å². The van der Waals surface area contributed by atoms with E-state index in [1.165, 1.54) is 0 Å². The number of nitrogens with zero attached hydrogens (tertiary/aromatic N) is 4. The van der Waals surface area contributed by atoms with E-state index in [-0.39, 0.29) is 31.8 Å². The summed E-state index contributed by atoms with van der Waals surface area (Å²) in [4.78, 5) is 14.4. The third-order valence-electron chi connectivity index (χ3n) is 5.72. The number of ether oxygens (including phenoxy) is 2. The van der Waals surface area contributed by atoms with Gasteiger partial charge in [0.2, 0.25) is 0 Å². The van der Waals surface area contributed by atoms with Crippen LogP contribution in [0.4, 0.5) is 18.0 Å². The van der Waals surface area contributed by atoms with Crippen LogP contribution in [-0.4, -0.2) is 43.8 Å². The van der Waals surface area contributed by atoms with Crippen LogP contribution >= 0.6 is 11.6 Å². The summed E-state index contributed by atoms with van der Waals surface area (Å²) < 4.78 is 49.4. The molecule has 2 aromatic rings. The third-order valence-corrected chi connectivity index (χ3v) is 5.96. The summed E-state index contributed by atoms with van der Waals surface area (Å²) in [5, 5.41) is 9.26. The number of aromatic nitrogens is 3. The Morgan fingerprint density at radius 1 is 1.09 bits per heavy atom. The van der Waals surface area contributed by atoms with Crippen molar-refractivity contribution in [2.45, 2.75) is 83.5 Å². The first-order valence-electron chi connectivity index (χ1n) is 10.8. The minimum atomic E-state index is -4.63. The van der Waals surface area contributed by atoms with Gasteiger partial charge >= 0.3 is 12.5 Å². The van der Waals surface area contributed by atoms with Gasteiger partial charge in [-0.15, -0.1) is 23.4 Å². The van der Waals surface area contributed by atoms with Crippen LogP contribution in [0.15, 0.2) is 18.2 Å². The molecule has 1 aliphatic heterocycles. The summed E-state index contributed by atoms with van der Waals surface area (Å²) in [7, 11) is 0. The Morgan fingerprint density at radius 2 is 1.79 bits per heavy atom. The number of carbonyl (C=O) groups is 1. The molecule has 1 amide bonds. The molecule has 2 aliphatic rings. The zero-order valence-corrected chi connectivity index (χ0v) is 19.4. The van der Waals surface area contributed by atoms with Crippen molar-refractivity contribution in [3.63, 3.8) is 0 Å². The van der Waals surface area contributed by atoms with Crippen molar-refractivity contribution in [1.82, 2.24) is 19.7 Å². The average molecular weight is 487 g/mol. The predicted octanol–water partition coefficient (Wildman–Crippen LogP) is 5.73. The van der Waals surface area contributed by atoms with Gasteiger partial charge in [0, 0.05) is 10.9 Å². The number of alkyl halides is 3. The highest BCUT2D eigenvalue weighted by molar-refractivity contribution is 6.30. The van der Waals surface area contributed by atoms with E-state index in [0.717, 1.165) is 11.3 Å². The zero-order chi connectivity index (χ0) is 24.0. The summed E-state index contributed by atoms with van der Waals surface area (Å²) >= 11 is 6.24. The minimum absolute atomic E-state index is 0.0732. The molecule has 0 atom stereocenters. The molecule has 180 valence electrons. The van der Waals surface area contributed by atoms with Crippen LogP contribution in [0, 0.1) is 0 Å². The first-order chi connectivity index (χ1) is 15.4. The summed E-state index contributed by atoms with van der Waals surface area (Å²) in [6.07, 6.45) is -4.40. The molecule has 1 fully saturated rings. The van der Waals surface area contributed by atoms with Crippen molar-refractivity contribution in [3.05, 3.63) is 40.4 Å². The summed E-state index contributed by atoms with van der Waals surface area (Å²) in [5.41, 5.74) is 0.952. The summed E-state index contributed by atoms with van der Waals surface area (Å²) in [5.74, 6) is 1.16. The molecule has 0 unspecified atom stereocenters. The highest BCUT2D eigenvalue weighted by Gasteiger charge is 2.37. The number of hydrogen-bond acceptors (Lipinski definition) is 5. The second-order valence-corrected chi connectivity index (χ2v) is 9.89. The molecule has 0 N–H and O–H groups in total. The van der Waals surface area contributed by atoms with E-state index in [0.29, 0.717) is 29.5 Å². The second-order valence-electron chi connectivity index (χ2n) is 9.46. The van der Waals surface area contributed by atoms with Crippen LogP contribution in [0.5, 0.6) is 0 Å². The van der Waals surface area contributed by atoms with E-state index >= 15 is 0 Å². The number of hydrogen-bond donors (Lipinski definition) is 0. The second kappa shape index (κ2) is 8.79. The molecule has 1 aliphatic carbocycles. The Morgan fingerprint density at radius 3 is 2.42 bits per heavy atom. The molecule has 7 nitrogen and oxygen atoms in total. The average Bonchev–Trinajstić information content (AvgIpc) is 3.02. The van der Waals surface area contributed by atoms with Gasteiger partial charge in [0.05, 0.1) is 24.9 Å². The minimum Gasteiger partial charge on any atom is -0.444 e. The molecule has 33 heavy (non-hydrogen) atoms. The van der Waals surface area contributed by atoms with E-state index in [1.54, 1.807) is 37.8 Å². The SMILES string of the molecule is CC(C)(C)OC(=O)N1Cc2cc(Cl)ccc2-n2c(nnc2[C@H]2CC[C@H](OC(F)(F)F)CC2)C1. The van der Waals surface area contributed by atoms with E-state index in [1.807, 2.05) is 10.6 Å². The Balaban J connectivity index is 1.63. The fourth-order valence-corrected chi connectivity index (χ4v) is 4.57. The fourth-order valence-electron chi connectivity index (χ4n) is 4.37. The summed E-state index contributed by atoms with van der Waals surface area (Å²) in [6.45, 7) is 5.85. The normalized spacial score (nSPS) is 21.2. The number of halogens is 4. The lowest BCUT2D eigenvalue weighted by molar-refractivity contribution is -0.345. The largest absolute Gasteiger partial charge is 0.522 e. The highest BCUT2D eigenvalue weighted by Crippen LogP contribution is 2.38. The molecule has 1 aromatic carbocycles. The van der Waals surface area contributed by atoms with E-state index in [2.05, 4.69) is 14.9 Å². The maximum absolute atomic E-state index is 12.8. The number of rotatable bonds is 2. The molecule has 0 spiro atoms. The first kappa shape index (κ1) is 23.8. The molecule has 2 heterocycles. The van der Waals surface area contributed by atoms with Gasteiger partial charge in [-0.25, -0.2) is 4.79 Å². The Hall–Kier alpha value is -2.33. The van der Waals surface area contributed by atoms with E-state index < -0.39 is 24.2 Å². The van der Waals surface area contributed by atoms with Crippen molar-refractivity contribution < 1.29 is 27.4 Å². The van der Waals surface area contributed by atoms with Gasteiger partial charge in [-0.2, -0.15) is 0 Å². The van der Waals surface area contributed by atoms with Gasteiger partial charge in [-0.05, 0) is 70.2 Å².